The minimum absolute atomic E-state index is 0.122. The average molecular weight is 313 g/mol. The molecule has 132 valence electrons. The zero-order chi connectivity index (χ0) is 16.5. The van der Waals surface area contributed by atoms with E-state index < -0.39 is 0 Å². The lowest BCUT2D eigenvalue weighted by atomic mass is 10.0. The van der Waals surface area contributed by atoms with Crippen LogP contribution in [0.1, 0.15) is 111 Å². The first-order chi connectivity index (χ1) is 10.7. The van der Waals surface area contributed by atoms with Gasteiger partial charge in [0.25, 0.3) is 0 Å². The van der Waals surface area contributed by atoms with Gasteiger partial charge in [0.05, 0.1) is 0 Å². The van der Waals surface area contributed by atoms with Crippen molar-refractivity contribution in [3.63, 3.8) is 0 Å². The molecule has 0 radical (unpaired) electrons. The Morgan fingerprint density at radius 2 is 1.14 bits per heavy atom. The van der Waals surface area contributed by atoms with Crippen molar-refractivity contribution in [1.29, 1.82) is 0 Å². The monoisotopic (exact) mass is 312 g/mol. The Hall–Kier alpha value is -0.570. The highest BCUT2D eigenvalue weighted by Gasteiger charge is 2.01. The van der Waals surface area contributed by atoms with Crippen LogP contribution in [0.15, 0.2) is 0 Å². The van der Waals surface area contributed by atoms with Gasteiger partial charge in [-0.25, -0.2) is 5.43 Å². The van der Waals surface area contributed by atoms with E-state index in [0.717, 1.165) is 6.42 Å². The molecule has 0 spiro atoms. The molecular weight excluding hydrogens is 272 g/mol. The van der Waals surface area contributed by atoms with Crippen LogP contribution in [0.25, 0.3) is 0 Å². The van der Waals surface area contributed by atoms with Gasteiger partial charge in [-0.05, 0) is 20.3 Å². The molecule has 0 atom stereocenters. The van der Waals surface area contributed by atoms with Crippen LogP contribution in [0.3, 0.4) is 0 Å². The van der Waals surface area contributed by atoms with Gasteiger partial charge in [0, 0.05) is 12.5 Å². The first kappa shape index (κ1) is 21.4. The third kappa shape index (κ3) is 17.5. The lowest BCUT2D eigenvalue weighted by molar-refractivity contribution is -0.122. The number of rotatable bonds is 16. The summed E-state index contributed by atoms with van der Waals surface area (Å²) in [6.45, 7) is 6.31. The fraction of sp³-hybridized carbons (Fsp3) is 0.947. The summed E-state index contributed by atoms with van der Waals surface area (Å²) in [5.41, 5.74) is 5.68. The molecule has 0 heterocycles. The van der Waals surface area contributed by atoms with E-state index in [9.17, 15) is 4.79 Å². The van der Waals surface area contributed by atoms with Crippen molar-refractivity contribution < 1.29 is 4.79 Å². The first-order valence-corrected chi connectivity index (χ1v) is 9.71. The number of hydrazine groups is 1. The summed E-state index contributed by atoms with van der Waals surface area (Å²) in [6, 6.07) is 0.301. The van der Waals surface area contributed by atoms with E-state index in [2.05, 4.69) is 17.8 Å². The molecule has 22 heavy (non-hydrogen) atoms. The van der Waals surface area contributed by atoms with Crippen molar-refractivity contribution in [3.05, 3.63) is 0 Å². The number of unbranched alkanes of at least 4 members (excludes halogenated alkanes) is 12. The SMILES string of the molecule is CCCCCCCCCCCCCCCC(=O)NNC(C)C. The van der Waals surface area contributed by atoms with Crippen molar-refractivity contribution in [3.8, 4) is 0 Å². The molecule has 0 aliphatic heterocycles. The van der Waals surface area contributed by atoms with Gasteiger partial charge in [-0.2, -0.15) is 0 Å². The summed E-state index contributed by atoms with van der Waals surface area (Å²) in [4.78, 5) is 11.5. The molecule has 0 aromatic carbocycles. The van der Waals surface area contributed by atoms with Gasteiger partial charge < -0.3 is 0 Å². The van der Waals surface area contributed by atoms with Crippen LogP contribution in [-0.4, -0.2) is 11.9 Å². The van der Waals surface area contributed by atoms with E-state index in [0.29, 0.717) is 12.5 Å². The van der Waals surface area contributed by atoms with E-state index in [1.807, 2.05) is 13.8 Å². The maximum absolute atomic E-state index is 11.5. The van der Waals surface area contributed by atoms with Crippen LogP contribution < -0.4 is 10.9 Å². The molecule has 0 aromatic heterocycles. The van der Waals surface area contributed by atoms with Crippen molar-refractivity contribution >= 4 is 5.91 Å². The Morgan fingerprint density at radius 3 is 1.55 bits per heavy atom. The molecule has 0 fully saturated rings. The average Bonchev–Trinajstić information content (AvgIpc) is 2.49. The molecule has 0 unspecified atom stereocenters. The highest BCUT2D eigenvalue weighted by Crippen LogP contribution is 2.12. The number of hydrogen-bond acceptors (Lipinski definition) is 2. The van der Waals surface area contributed by atoms with Gasteiger partial charge >= 0.3 is 0 Å². The lowest BCUT2D eigenvalue weighted by Gasteiger charge is -2.09. The maximum atomic E-state index is 11.5. The second-order valence-corrected chi connectivity index (χ2v) is 6.84. The Kier molecular flexibility index (Phi) is 16.4. The normalized spacial score (nSPS) is 11.1. The summed E-state index contributed by atoms with van der Waals surface area (Å²) >= 11 is 0. The fourth-order valence-electron chi connectivity index (χ4n) is 2.59. The molecule has 2 N–H and O–H groups in total. The molecule has 0 rings (SSSR count). The van der Waals surface area contributed by atoms with E-state index in [1.165, 1.54) is 77.0 Å². The molecule has 0 saturated carbocycles. The summed E-state index contributed by atoms with van der Waals surface area (Å²) in [7, 11) is 0. The van der Waals surface area contributed by atoms with Crippen LogP contribution >= 0.6 is 0 Å². The second kappa shape index (κ2) is 16.8. The fourth-order valence-corrected chi connectivity index (χ4v) is 2.59. The molecule has 0 aromatic rings. The minimum Gasteiger partial charge on any atom is -0.291 e. The van der Waals surface area contributed by atoms with E-state index in [-0.39, 0.29) is 5.91 Å². The second-order valence-electron chi connectivity index (χ2n) is 6.84. The van der Waals surface area contributed by atoms with Gasteiger partial charge in [-0.1, -0.05) is 84.0 Å². The standard InChI is InChI=1S/C19H40N2O/c1-4-5-6-7-8-9-10-11-12-13-14-15-16-17-19(22)21-20-18(2)3/h18,20H,4-17H2,1-3H3,(H,21,22). The molecule has 1 amide bonds. The summed E-state index contributed by atoms with van der Waals surface area (Å²) in [6.07, 6.45) is 18.1. The number of nitrogens with one attached hydrogen (secondary N) is 2. The van der Waals surface area contributed by atoms with Gasteiger partial charge in [0.1, 0.15) is 0 Å². The first-order valence-electron chi connectivity index (χ1n) is 9.71. The van der Waals surface area contributed by atoms with Gasteiger partial charge in [-0.15, -0.1) is 0 Å². The summed E-state index contributed by atoms with van der Waals surface area (Å²) in [5, 5.41) is 0. The zero-order valence-electron chi connectivity index (χ0n) is 15.4. The smallest absolute Gasteiger partial charge is 0.234 e. The molecular formula is C19H40N2O. The van der Waals surface area contributed by atoms with Crippen LogP contribution in [0, 0.1) is 0 Å². The van der Waals surface area contributed by atoms with Crippen molar-refractivity contribution in [2.75, 3.05) is 0 Å². The third-order valence-electron chi connectivity index (χ3n) is 4.01. The highest BCUT2D eigenvalue weighted by atomic mass is 16.2. The van der Waals surface area contributed by atoms with Crippen LogP contribution in [-0.2, 0) is 4.79 Å². The molecule has 3 nitrogen and oxygen atoms in total. The van der Waals surface area contributed by atoms with Gasteiger partial charge in [-0.3, -0.25) is 10.2 Å². The molecule has 0 bridgehead atoms. The van der Waals surface area contributed by atoms with E-state index in [4.69, 9.17) is 0 Å². The van der Waals surface area contributed by atoms with Crippen LogP contribution in [0.4, 0.5) is 0 Å². The Labute approximate surface area is 139 Å². The van der Waals surface area contributed by atoms with E-state index >= 15 is 0 Å². The Morgan fingerprint density at radius 1 is 0.727 bits per heavy atom. The maximum Gasteiger partial charge on any atom is 0.234 e. The van der Waals surface area contributed by atoms with Crippen molar-refractivity contribution in [2.45, 2.75) is 117 Å². The minimum atomic E-state index is 0.122. The number of hydrogen-bond donors (Lipinski definition) is 2. The number of carbonyl (C=O) groups is 1. The molecule has 0 saturated heterocycles. The highest BCUT2D eigenvalue weighted by molar-refractivity contribution is 5.75. The number of amides is 1. The molecule has 0 aliphatic rings. The van der Waals surface area contributed by atoms with Crippen LogP contribution in [0.2, 0.25) is 0 Å². The van der Waals surface area contributed by atoms with Gasteiger partial charge in [0.2, 0.25) is 5.91 Å². The summed E-state index contributed by atoms with van der Waals surface area (Å²) < 4.78 is 0. The zero-order valence-corrected chi connectivity index (χ0v) is 15.4. The van der Waals surface area contributed by atoms with Crippen molar-refractivity contribution in [1.82, 2.24) is 10.9 Å². The lowest BCUT2D eigenvalue weighted by Crippen LogP contribution is -2.41. The predicted molar refractivity (Wildman–Crippen MR) is 96.7 cm³/mol. The molecule has 0 aliphatic carbocycles. The van der Waals surface area contributed by atoms with E-state index in [1.54, 1.807) is 0 Å². The van der Waals surface area contributed by atoms with Gasteiger partial charge in [0.15, 0.2) is 0 Å². The number of carbonyl (C=O) groups excluding carboxylic acids is 1. The van der Waals surface area contributed by atoms with Crippen molar-refractivity contribution in [2.24, 2.45) is 0 Å². The van der Waals surface area contributed by atoms with Crippen LogP contribution in [0.5, 0.6) is 0 Å². The Balaban J connectivity index is 3.09. The largest absolute Gasteiger partial charge is 0.291 e. The topological polar surface area (TPSA) is 41.1 Å². The predicted octanol–water partition coefficient (Wildman–Crippen LogP) is 5.50. The molecule has 3 heteroatoms. The quantitative estimate of drug-likeness (QED) is 0.292. The Bertz CT molecular complexity index is 242. The summed E-state index contributed by atoms with van der Waals surface area (Å²) in [5.74, 6) is 0.122. The third-order valence-corrected chi connectivity index (χ3v) is 4.01.